The molecule has 0 radical (unpaired) electrons. The molecule has 2 aliphatic heterocycles. The summed E-state index contributed by atoms with van der Waals surface area (Å²) in [6.45, 7) is 4.80. The zero-order valence-electron chi connectivity index (χ0n) is 26.0. The third kappa shape index (κ3) is 7.75. The molecule has 5 nitrogen and oxygen atoms in total. The second-order valence-corrected chi connectivity index (χ2v) is 11.6. The minimum atomic E-state index is 0.301. The summed E-state index contributed by atoms with van der Waals surface area (Å²) < 4.78 is 21.9. The lowest BCUT2D eigenvalue weighted by Gasteiger charge is -2.26. The molecule has 0 saturated carbocycles. The van der Waals surface area contributed by atoms with Gasteiger partial charge in [-0.3, -0.25) is 0 Å². The monoisotopic (exact) mass is 607 g/mol. The first-order valence-corrected chi connectivity index (χ1v) is 15.8. The molecule has 1 saturated heterocycles. The van der Waals surface area contributed by atoms with Crippen LogP contribution in [0.4, 0.5) is 17.1 Å². The molecule has 5 aromatic rings. The Labute approximate surface area is 270 Å². The average Bonchev–Trinajstić information content (AvgIpc) is 4.04. The van der Waals surface area contributed by atoms with Gasteiger partial charge in [0.15, 0.2) is 5.76 Å². The van der Waals surface area contributed by atoms with E-state index in [1.807, 2.05) is 18.2 Å². The third-order valence-electron chi connectivity index (χ3n) is 8.11. The van der Waals surface area contributed by atoms with Crippen molar-refractivity contribution in [3.63, 3.8) is 0 Å². The summed E-state index contributed by atoms with van der Waals surface area (Å²) in [7, 11) is 0. The van der Waals surface area contributed by atoms with Gasteiger partial charge in [0.2, 0.25) is 0 Å². The standard InChI is InChI=1S/C41H37NO4/c1-30-7-15-35(16-8-30)42(36-17-9-31(10-18-36)23-24-43-26-39-27-45-39)37-19-11-32(12-20-37)25-41(33-5-3-2-4-6-33)34-13-21-38(22-14-34)44-28-40-29-46-40/h2-22,25,29,39H,23-24,26-28H2,1H3. The quantitative estimate of drug-likeness (QED) is 0.0715. The van der Waals surface area contributed by atoms with E-state index in [1.165, 1.54) is 11.1 Å². The molecule has 230 valence electrons. The third-order valence-corrected chi connectivity index (χ3v) is 8.11. The Kier molecular flexibility index (Phi) is 8.95. The van der Waals surface area contributed by atoms with Crippen LogP contribution in [0.1, 0.15) is 27.8 Å². The van der Waals surface area contributed by atoms with Gasteiger partial charge in [-0.25, -0.2) is 0 Å². The number of anilines is 3. The molecule has 1 atom stereocenters. The first-order valence-electron chi connectivity index (χ1n) is 15.8. The lowest BCUT2D eigenvalue weighted by Crippen LogP contribution is -2.10. The molecule has 0 aromatic heterocycles. The SMILES string of the molecule is Cc1ccc(N(c2ccc(C=C(c3ccccc3)c3ccc(OCC4=CO4)cc3)cc2)c2ccc(CCOCC3CO3)cc2)cc1. The van der Waals surface area contributed by atoms with Crippen molar-refractivity contribution in [3.8, 4) is 5.75 Å². The molecule has 5 heteroatoms. The number of benzene rings is 5. The maximum Gasteiger partial charge on any atom is 0.176 e. The summed E-state index contributed by atoms with van der Waals surface area (Å²) in [5, 5.41) is 0. The summed E-state index contributed by atoms with van der Waals surface area (Å²) in [6.07, 6.45) is 5.14. The topological polar surface area (TPSA) is 46.8 Å². The molecular formula is C41H37NO4. The number of epoxide rings is 1. The molecule has 0 spiro atoms. The van der Waals surface area contributed by atoms with Crippen LogP contribution in [0, 0.1) is 6.92 Å². The Hall–Kier alpha value is -5.10. The molecule has 1 unspecified atom stereocenters. The number of ether oxygens (including phenoxy) is 4. The zero-order valence-corrected chi connectivity index (χ0v) is 26.0. The van der Waals surface area contributed by atoms with Gasteiger partial charge in [0.25, 0.3) is 0 Å². The Morgan fingerprint density at radius 1 is 0.761 bits per heavy atom. The van der Waals surface area contributed by atoms with Gasteiger partial charge in [-0.1, -0.05) is 84.4 Å². The van der Waals surface area contributed by atoms with Crippen LogP contribution in [-0.4, -0.2) is 32.5 Å². The number of hydrogen-bond donors (Lipinski definition) is 0. The fourth-order valence-corrected chi connectivity index (χ4v) is 5.35. The van der Waals surface area contributed by atoms with Crippen LogP contribution in [-0.2, 0) is 20.6 Å². The highest BCUT2D eigenvalue weighted by atomic mass is 16.6. The largest absolute Gasteiger partial charge is 0.486 e. The van der Waals surface area contributed by atoms with E-state index < -0.39 is 0 Å². The fraction of sp³-hybridized carbons (Fsp3) is 0.171. The highest BCUT2D eigenvalue weighted by molar-refractivity contribution is 5.92. The van der Waals surface area contributed by atoms with Crippen molar-refractivity contribution in [2.75, 3.05) is 31.3 Å². The van der Waals surface area contributed by atoms with E-state index >= 15 is 0 Å². The van der Waals surface area contributed by atoms with Gasteiger partial charge in [-0.15, -0.1) is 0 Å². The van der Waals surface area contributed by atoms with E-state index in [0.29, 0.717) is 25.9 Å². The zero-order chi connectivity index (χ0) is 31.1. The van der Waals surface area contributed by atoms with Gasteiger partial charge in [0.1, 0.15) is 24.7 Å². The second-order valence-electron chi connectivity index (χ2n) is 11.6. The maximum atomic E-state index is 5.81. The Morgan fingerprint density at radius 2 is 1.37 bits per heavy atom. The minimum Gasteiger partial charge on any atom is -0.486 e. The van der Waals surface area contributed by atoms with Gasteiger partial charge < -0.3 is 23.8 Å². The van der Waals surface area contributed by atoms with Crippen molar-refractivity contribution >= 4 is 28.7 Å². The van der Waals surface area contributed by atoms with E-state index in [1.54, 1.807) is 6.26 Å². The Bertz CT molecular complexity index is 1790. The fourth-order valence-electron chi connectivity index (χ4n) is 5.35. The molecule has 0 bridgehead atoms. The van der Waals surface area contributed by atoms with Crippen LogP contribution in [0.2, 0.25) is 0 Å². The summed E-state index contributed by atoms with van der Waals surface area (Å²) in [5.41, 5.74) is 10.4. The molecule has 0 N–H and O–H groups in total. The van der Waals surface area contributed by atoms with Crippen molar-refractivity contribution < 1.29 is 18.9 Å². The number of hydrogen-bond acceptors (Lipinski definition) is 5. The maximum absolute atomic E-state index is 5.81. The Balaban J connectivity index is 1.14. The van der Waals surface area contributed by atoms with Crippen molar-refractivity contribution in [2.24, 2.45) is 0 Å². The van der Waals surface area contributed by atoms with Crippen LogP contribution >= 0.6 is 0 Å². The first kappa shape index (κ1) is 29.6. The lowest BCUT2D eigenvalue weighted by atomic mass is 9.95. The molecule has 2 aliphatic rings. The van der Waals surface area contributed by atoms with Crippen molar-refractivity contribution in [3.05, 3.63) is 167 Å². The van der Waals surface area contributed by atoms with Crippen molar-refractivity contribution in [1.82, 2.24) is 0 Å². The van der Waals surface area contributed by atoms with Crippen LogP contribution in [0.3, 0.4) is 0 Å². The van der Waals surface area contributed by atoms with E-state index in [-0.39, 0.29) is 0 Å². The van der Waals surface area contributed by atoms with Crippen molar-refractivity contribution in [2.45, 2.75) is 19.4 Å². The first-order chi connectivity index (χ1) is 22.7. The predicted octanol–water partition coefficient (Wildman–Crippen LogP) is 9.26. The highest BCUT2D eigenvalue weighted by Gasteiger charge is 2.22. The van der Waals surface area contributed by atoms with Crippen LogP contribution in [0.15, 0.2) is 139 Å². The molecule has 2 heterocycles. The van der Waals surface area contributed by atoms with Gasteiger partial charge in [-0.2, -0.15) is 0 Å². The minimum absolute atomic E-state index is 0.301. The second kappa shape index (κ2) is 13.9. The number of aryl methyl sites for hydroxylation is 1. The van der Waals surface area contributed by atoms with E-state index in [9.17, 15) is 0 Å². The number of nitrogens with zero attached hydrogens (tertiary/aromatic N) is 1. The van der Waals surface area contributed by atoms with Crippen LogP contribution < -0.4 is 9.64 Å². The summed E-state index contributed by atoms with van der Waals surface area (Å²) in [5.74, 6) is 1.69. The van der Waals surface area contributed by atoms with Gasteiger partial charge in [0, 0.05) is 17.1 Å². The summed E-state index contributed by atoms with van der Waals surface area (Å²) >= 11 is 0. The molecule has 0 aliphatic carbocycles. The van der Waals surface area contributed by atoms with Crippen molar-refractivity contribution in [1.29, 1.82) is 0 Å². The van der Waals surface area contributed by atoms with Gasteiger partial charge >= 0.3 is 0 Å². The molecule has 46 heavy (non-hydrogen) atoms. The summed E-state index contributed by atoms with van der Waals surface area (Å²) in [4.78, 5) is 2.30. The lowest BCUT2D eigenvalue weighted by molar-refractivity contribution is 0.119. The van der Waals surface area contributed by atoms with E-state index in [4.69, 9.17) is 18.9 Å². The number of rotatable bonds is 14. The normalized spacial score (nSPS) is 15.1. The van der Waals surface area contributed by atoms with Crippen LogP contribution in [0.25, 0.3) is 11.6 Å². The molecule has 0 amide bonds. The molecule has 5 aromatic carbocycles. The molecular weight excluding hydrogens is 570 g/mol. The molecule has 1 fully saturated rings. The van der Waals surface area contributed by atoms with Gasteiger partial charge in [-0.05, 0) is 95.8 Å². The summed E-state index contributed by atoms with van der Waals surface area (Å²) in [6, 6.07) is 45.0. The highest BCUT2D eigenvalue weighted by Crippen LogP contribution is 2.36. The smallest absolute Gasteiger partial charge is 0.176 e. The predicted molar refractivity (Wildman–Crippen MR) is 185 cm³/mol. The van der Waals surface area contributed by atoms with Crippen LogP contribution in [0.5, 0.6) is 5.75 Å². The van der Waals surface area contributed by atoms with E-state index in [0.717, 1.165) is 63.9 Å². The van der Waals surface area contributed by atoms with E-state index in [2.05, 4.69) is 127 Å². The molecule has 7 rings (SSSR count). The Morgan fingerprint density at radius 3 is 2.00 bits per heavy atom. The van der Waals surface area contributed by atoms with Gasteiger partial charge in [0.05, 0.1) is 19.8 Å². The average molecular weight is 608 g/mol.